The quantitative estimate of drug-likeness (QED) is 0.835. The summed E-state index contributed by atoms with van der Waals surface area (Å²) in [6.45, 7) is 0.692. The average Bonchev–Trinajstić information content (AvgIpc) is 2.41. The first-order chi connectivity index (χ1) is 8.79. The molecular weight excluding hydrogens is 292 g/mol. The molecule has 1 heterocycles. The fourth-order valence-electron chi connectivity index (χ4n) is 1.75. The van der Waals surface area contributed by atoms with Crippen molar-refractivity contribution < 1.29 is 5.11 Å². The van der Waals surface area contributed by atoms with E-state index in [0.29, 0.717) is 6.54 Å². The second-order valence-electron chi connectivity index (χ2n) is 3.98. The topological polar surface area (TPSA) is 45.1 Å². The molecule has 1 unspecified atom stereocenters. The van der Waals surface area contributed by atoms with Crippen LogP contribution < -0.4 is 5.32 Å². The zero-order chi connectivity index (χ0) is 12.8. The molecule has 0 amide bonds. The molecule has 2 rings (SSSR count). The summed E-state index contributed by atoms with van der Waals surface area (Å²) in [4.78, 5) is 4.35. The molecule has 1 atom stereocenters. The van der Waals surface area contributed by atoms with E-state index in [0.717, 1.165) is 15.9 Å². The number of aliphatic hydroxyl groups is 1. The summed E-state index contributed by atoms with van der Waals surface area (Å²) in [7, 11) is 0. The van der Waals surface area contributed by atoms with Gasteiger partial charge in [0, 0.05) is 6.54 Å². The lowest BCUT2D eigenvalue weighted by molar-refractivity contribution is 0.243. The van der Waals surface area contributed by atoms with Crippen molar-refractivity contribution in [2.45, 2.75) is 12.6 Å². The number of aliphatic hydroxyl groups excluding tert-OH is 1. The SMILES string of the molecule is OCC(NCc1cccc(Br)n1)c1ccccc1. The molecule has 0 fully saturated rings. The molecule has 0 saturated heterocycles. The molecule has 0 aliphatic carbocycles. The van der Waals surface area contributed by atoms with Gasteiger partial charge in [0.2, 0.25) is 0 Å². The molecule has 94 valence electrons. The zero-order valence-corrected chi connectivity index (χ0v) is 11.5. The molecular formula is C14H15BrN2O. The lowest BCUT2D eigenvalue weighted by atomic mass is 10.1. The van der Waals surface area contributed by atoms with Crippen molar-refractivity contribution in [1.82, 2.24) is 10.3 Å². The smallest absolute Gasteiger partial charge is 0.106 e. The summed E-state index contributed by atoms with van der Waals surface area (Å²) >= 11 is 3.34. The first-order valence-electron chi connectivity index (χ1n) is 5.80. The Labute approximate surface area is 115 Å². The fourth-order valence-corrected chi connectivity index (χ4v) is 2.13. The Hall–Kier alpha value is -1.23. The van der Waals surface area contributed by atoms with E-state index in [1.54, 1.807) is 0 Å². The molecule has 1 aromatic heterocycles. The minimum absolute atomic E-state index is 0.0630. The van der Waals surface area contributed by atoms with Crippen LogP contribution >= 0.6 is 15.9 Å². The van der Waals surface area contributed by atoms with Gasteiger partial charge in [0.1, 0.15) is 4.60 Å². The summed E-state index contributed by atoms with van der Waals surface area (Å²) in [5.74, 6) is 0. The Morgan fingerprint density at radius 2 is 1.89 bits per heavy atom. The van der Waals surface area contributed by atoms with Crippen molar-refractivity contribution >= 4 is 15.9 Å². The van der Waals surface area contributed by atoms with Crippen LogP contribution in [0.1, 0.15) is 17.3 Å². The fraction of sp³-hybridized carbons (Fsp3) is 0.214. The molecule has 2 N–H and O–H groups in total. The molecule has 0 bridgehead atoms. The van der Waals surface area contributed by atoms with Crippen LogP contribution in [0.3, 0.4) is 0 Å². The Bertz CT molecular complexity index is 490. The van der Waals surface area contributed by atoms with Gasteiger partial charge in [-0.25, -0.2) is 4.98 Å². The number of rotatable bonds is 5. The third kappa shape index (κ3) is 3.63. The van der Waals surface area contributed by atoms with E-state index in [1.807, 2.05) is 48.5 Å². The third-order valence-electron chi connectivity index (χ3n) is 2.69. The van der Waals surface area contributed by atoms with Crippen LogP contribution in [0.5, 0.6) is 0 Å². The highest BCUT2D eigenvalue weighted by Crippen LogP contribution is 2.13. The molecule has 0 aliphatic rings. The van der Waals surface area contributed by atoms with Crippen molar-refractivity contribution in [3.63, 3.8) is 0 Å². The van der Waals surface area contributed by atoms with E-state index in [-0.39, 0.29) is 12.6 Å². The van der Waals surface area contributed by atoms with E-state index in [4.69, 9.17) is 0 Å². The van der Waals surface area contributed by atoms with Gasteiger partial charge < -0.3 is 10.4 Å². The second-order valence-corrected chi connectivity index (χ2v) is 4.79. The van der Waals surface area contributed by atoms with Gasteiger partial charge in [0.15, 0.2) is 0 Å². The molecule has 3 nitrogen and oxygen atoms in total. The van der Waals surface area contributed by atoms with Gasteiger partial charge >= 0.3 is 0 Å². The van der Waals surface area contributed by atoms with Crippen LogP contribution in [0.4, 0.5) is 0 Å². The Balaban J connectivity index is 2.00. The summed E-state index contributed by atoms with van der Waals surface area (Å²) in [6, 6.07) is 15.6. The predicted molar refractivity (Wildman–Crippen MR) is 75.0 cm³/mol. The average molecular weight is 307 g/mol. The number of halogens is 1. The highest BCUT2D eigenvalue weighted by molar-refractivity contribution is 9.10. The standard InChI is InChI=1S/C14H15BrN2O/c15-14-8-4-7-12(17-14)9-16-13(10-18)11-5-2-1-3-6-11/h1-8,13,16,18H,9-10H2. The maximum Gasteiger partial charge on any atom is 0.106 e. The van der Waals surface area contributed by atoms with Crippen molar-refractivity contribution in [3.05, 3.63) is 64.4 Å². The van der Waals surface area contributed by atoms with Gasteiger partial charge in [-0.3, -0.25) is 0 Å². The number of hydrogen-bond acceptors (Lipinski definition) is 3. The lowest BCUT2D eigenvalue weighted by Gasteiger charge is -2.16. The van der Waals surface area contributed by atoms with Gasteiger partial charge in [0.25, 0.3) is 0 Å². The highest BCUT2D eigenvalue weighted by atomic mass is 79.9. The van der Waals surface area contributed by atoms with E-state index < -0.39 is 0 Å². The monoisotopic (exact) mass is 306 g/mol. The molecule has 0 spiro atoms. The van der Waals surface area contributed by atoms with Crippen molar-refractivity contribution in [1.29, 1.82) is 0 Å². The van der Waals surface area contributed by atoms with Gasteiger partial charge in [-0.1, -0.05) is 36.4 Å². The normalized spacial score (nSPS) is 12.3. The molecule has 0 saturated carbocycles. The van der Waals surface area contributed by atoms with Crippen molar-refractivity contribution in [2.75, 3.05) is 6.61 Å². The zero-order valence-electron chi connectivity index (χ0n) is 9.88. The number of nitrogens with one attached hydrogen (secondary N) is 1. The van der Waals surface area contributed by atoms with E-state index in [2.05, 4.69) is 26.2 Å². The van der Waals surface area contributed by atoms with Gasteiger partial charge in [-0.15, -0.1) is 0 Å². The predicted octanol–water partition coefficient (Wildman–Crippen LogP) is 2.67. The maximum atomic E-state index is 9.42. The number of benzene rings is 1. The maximum absolute atomic E-state index is 9.42. The molecule has 0 aliphatic heterocycles. The number of hydrogen-bond donors (Lipinski definition) is 2. The third-order valence-corrected chi connectivity index (χ3v) is 3.13. The number of nitrogens with zero attached hydrogens (tertiary/aromatic N) is 1. The molecule has 4 heteroatoms. The largest absolute Gasteiger partial charge is 0.394 e. The van der Waals surface area contributed by atoms with Crippen LogP contribution in [0, 0.1) is 0 Å². The number of aromatic nitrogens is 1. The minimum atomic E-state index is -0.0630. The lowest BCUT2D eigenvalue weighted by Crippen LogP contribution is -2.24. The van der Waals surface area contributed by atoms with Gasteiger partial charge in [-0.2, -0.15) is 0 Å². The van der Waals surface area contributed by atoms with E-state index in [1.165, 1.54) is 0 Å². The highest BCUT2D eigenvalue weighted by Gasteiger charge is 2.09. The summed E-state index contributed by atoms with van der Waals surface area (Å²) in [6.07, 6.45) is 0. The summed E-state index contributed by atoms with van der Waals surface area (Å²) in [5, 5.41) is 12.7. The van der Waals surface area contributed by atoms with Gasteiger partial charge in [0.05, 0.1) is 18.3 Å². The van der Waals surface area contributed by atoms with E-state index in [9.17, 15) is 5.11 Å². The summed E-state index contributed by atoms with van der Waals surface area (Å²) < 4.78 is 0.821. The van der Waals surface area contributed by atoms with Gasteiger partial charge in [-0.05, 0) is 33.6 Å². The van der Waals surface area contributed by atoms with Crippen molar-refractivity contribution in [3.8, 4) is 0 Å². The van der Waals surface area contributed by atoms with Crippen molar-refractivity contribution in [2.24, 2.45) is 0 Å². The second kappa shape index (κ2) is 6.64. The van der Waals surface area contributed by atoms with Crippen LogP contribution in [0.15, 0.2) is 53.1 Å². The summed E-state index contributed by atoms with van der Waals surface area (Å²) in [5.41, 5.74) is 2.02. The Morgan fingerprint density at radius 3 is 2.56 bits per heavy atom. The van der Waals surface area contributed by atoms with Crippen LogP contribution in [0.25, 0.3) is 0 Å². The molecule has 0 radical (unpaired) electrons. The Morgan fingerprint density at radius 1 is 1.11 bits per heavy atom. The van der Waals surface area contributed by atoms with Crippen LogP contribution in [-0.4, -0.2) is 16.7 Å². The Kier molecular flexibility index (Phi) is 4.87. The molecule has 2 aromatic rings. The van der Waals surface area contributed by atoms with Crippen LogP contribution in [0.2, 0.25) is 0 Å². The molecule has 18 heavy (non-hydrogen) atoms. The number of pyridine rings is 1. The minimum Gasteiger partial charge on any atom is -0.394 e. The van der Waals surface area contributed by atoms with E-state index >= 15 is 0 Å². The van der Waals surface area contributed by atoms with Crippen LogP contribution in [-0.2, 0) is 6.54 Å². The first kappa shape index (κ1) is 13.2. The molecule has 1 aromatic carbocycles. The first-order valence-corrected chi connectivity index (χ1v) is 6.59.